The van der Waals surface area contributed by atoms with Gasteiger partial charge in [-0.05, 0) is 38.4 Å². The molecule has 0 spiro atoms. The molecule has 0 aliphatic rings. The van der Waals surface area contributed by atoms with Gasteiger partial charge < -0.3 is 10.1 Å². The lowest BCUT2D eigenvalue weighted by molar-refractivity contribution is 0.0462. The summed E-state index contributed by atoms with van der Waals surface area (Å²) in [5.74, 6) is 0.748. The first kappa shape index (κ1) is 15.6. The summed E-state index contributed by atoms with van der Waals surface area (Å²) in [6, 6.07) is 0.0832. The van der Waals surface area contributed by atoms with Crippen molar-refractivity contribution in [3.8, 4) is 0 Å². The van der Waals surface area contributed by atoms with Gasteiger partial charge in [-0.3, -0.25) is 0 Å². The largest absolute Gasteiger partial charge is 0.444 e. The Kier molecular flexibility index (Phi) is 5.66. The lowest BCUT2D eigenvalue weighted by Crippen LogP contribution is -2.46. The van der Waals surface area contributed by atoms with Crippen LogP contribution in [0.5, 0.6) is 0 Å². The summed E-state index contributed by atoms with van der Waals surface area (Å²) in [5, 5.41) is 2.90. The van der Waals surface area contributed by atoms with Crippen LogP contribution in [0.3, 0.4) is 0 Å². The van der Waals surface area contributed by atoms with E-state index in [0.29, 0.717) is 0 Å². The van der Waals surface area contributed by atoms with Crippen LogP contribution in [0.4, 0.5) is 4.79 Å². The molecule has 96 valence electrons. The quantitative estimate of drug-likeness (QED) is 0.751. The fourth-order valence-corrected chi connectivity index (χ4v) is 1.56. The minimum Gasteiger partial charge on any atom is -0.444 e. The molecule has 1 N–H and O–H groups in total. The van der Waals surface area contributed by atoms with Gasteiger partial charge in [0.15, 0.2) is 0 Å². The molecule has 0 saturated heterocycles. The van der Waals surface area contributed by atoms with E-state index >= 15 is 0 Å². The number of rotatable bonds is 3. The van der Waals surface area contributed by atoms with Crippen molar-refractivity contribution in [1.29, 1.82) is 0 Å². The summed E-state index contributed by atoms with van der Waals surface area (Å²) in [6.07, 6.45) is 0.487. The van der Waals surface area contributed by atoms with Gasteiger partial charge in [0.1, 0.15) is 5.60 Å². The molecule has 0 bridgehead atoms. The predicted molar refractivity (Wildman–Crippen MR) is 71.1 cm³/mol. The molecule has 0 saturated carbocycles. The monoisotopic (exact) mass is 247 g/mol. The Morgan fingerprint density at radius 2 is 1.75 bits per heavy atom. The third kappa shape index (κ3) is 6.99. The van der Waals surface area contributed by atoms with Crippen molar-refractivity contribution >= 4 is 18.7 Å². The Labute approximate surface area is 105 Å². The van der Waals surface area contributed by atoms with Crippen molar-refractivity contribution in [3.05, 3.63) is 0 Å². The standard InChI is InChI=1S/C12H25NO2S/c1-11(2,3)9(7-8-16)13-10(14)15-12(4,5)6/h9,16H,7-8H2,1-6H3,(H,13,14). The van der Waals surface area contributed by atoms with Crippen molar-refractivity contribution in [2.75, 3.05) is 5.75 Å². The second kappa shape index (κ2) is 5.80. The van der Waals surface area contributed by atoms with Crippen LogP contribution in [0.15, 0.2) is 0 Å². The Balaban J connectivity index is 4.36. The van der Waals surface area contributed by atoms with Crippen LogP contribution in [0.2, 0.25) is 0 Å². The zero-order valence-corrected chi connectivity index (χ0v) is 12.1. The molecule has 0 rings (SSSR count). The van der Waals surface area contributed by atoms with Gasteiger partial charge in [-0.25, -0.2) is 4.79 Å². The normalized spacial score (nSPS) is 14.4. The van der Waals surface area contributed by atoms with E-state index < -0.39 is 5.60 Å². The highest BCUT2D eigenvalue weighted by Crippen LogP contribution is 2.22. The highest BCUT2D eigenvalue weighted by molar-refractivity contribution is 7.80. The summed E-state index contributed by atoms with van der Waals surface area (Å²) in [7, 11) is 0. The fraction of sp³-hybridized carbons (Fsp3) is 0.917. The van der Waals surface area contributed by atoms with Crippen LogP contribution in [0.25, 0.3) is 0 Å². The molecular formula is C12H25NO2S. The second-order valence-corrected chi connectivity index (χ2v) is 6.52. The minimum absolute atomic E-state index is 0.0135. The maximum atomic E-state index is 11.6. The highest BCUT2D eigenvalue weighted by atomic mass is 32.1. The average molecular weight is 247 g/mol. The van der Waals surface area contributed by atoms with E-state index in [1.54, 1.807) is 0 Å². The van der Waals surface area contributed by atoms with Crippen LogP contribution < -0.4 is 5.32 Å². The first-order valence-electron chi connectivity index (χ1n) is 5.66. The van der Waals surface area contributed by atoms with Gasteiger partial charge in [0.05, 0.1) is 0 Å². The van der Waals surface area contributed by atoms with E-state index in [1.807, 2.05) is 20.8 Å². The van der Waals surface area contributed by atoms with Crippen LogP contribution in [-0.4, -0.2) is 23.5 Å². The van der Waals surface area contributed by atoms with Crippen molar-refractivity contribution in [3.63, 3.8) is 0 Å². The van der Waals surface area contributed by atoms with Gasteiger partial charge in [0.25, 0.3) is 0 Å². The molecule has 1 unspecified atom stereocenters. The maximum absolute atomic E-state index is 11.6. The molecule has 4 heteroatoms. The lowest BCUT2D eigenvalue weighted by Gasteiger charge is -2.32. The number of nitrogens with one attached hydrogen (secondary N) is 1. The molecular weight excluding hydrogens is 222 g/mol. The van der Waals surface area contributed by atoms with E-state index in [9.17, 15) is 4.79 Å². The van der Waals surface area contributed by atoms with Gasteiger partial charge in [-0.15, -0.1) is 0 Å². The first-order valence-corrected chi connectivity index (χ1v) is 6.30. The number of hydrogen-bond acceptors (Lipinski definition) is 3. The number of amides is 1. The predicted octanol–water partition coefficient (Wildman–Crippen LogP) is 3.25. The Morgan fingerprint density at radius 1 is 1.25 bits per heavy atom. The smallest absolute Gasteiger partial charge is 0.407 e. The fourth-order valence-electron chi connectivity index (χ4n) is 1.30. The van der Waals surface area contributed by atoms with E-state index in [2.05, 4.69) is 38.7 Å². The summed E-state index contributed by atoms with van der Waals surface area (Å²) in [4.78, 5) is 11.6. The molecule has 0 aliphatic carbocycles. The lowest BCUT2D eigenvalue weighted by atomic mass is 9.85. The zero-order valence-electron chi connectivity index (χ0n) is 11.3. The molecule has 3 nitrogen and oxygen atoms in total. The zero-order chi connectivity index (χ0) is 13.0. The van der Waals surface area contributed by atoms with Gasteiger partial charge in [0, 0.05) is 6.04 Å². The van der Waals surface area contributed by atoms with Crippen LogP contribution in [0.1, 0.15) is 48.0 Å². The third-order valence-corrected chi connectivity index (χ3v) is 2.41. The summed E-state index contributed by atoms with van der Waals surface area (Å²) in [5.41, 5.74) is -0.437. The first-order chi connectivity index (χ1) is 7.06. The van der Waals surface area contributed by atoms with Crippen LogP contribution in [-0.2, 0) is 4.74 Å². The minimum atomic E-state index is -0.451. The molecule has 0 radical (unpaired) electrons. The summed E-state index contributed by atoms with van der Waals surface area (Å²) in [6.45, 7) is 11.9. The Bertz CT molecular complexity index is 228. The van der Waals surface area contributed by atoms with Crippen molar-refractivity contribution < 1.29 is 9.53 Å². The second-order valence-electron chi connectivity index (χ2n) is 6.08. The Hall–Kier alpha value is -0.380. The topological polar surface area (TPSA) is 38.3 Å². The Morgan fingerprint density at radius 3 is 2.06 bits per heavy atom. The molecule has 0 aromatic rings. The van der Waals surface area contributed by atoms with Gasteiger partial charge in [-0.2, -0.15) is 12.6 Å². The summed E-state index contributed by atoms with van der Waals surface area (Å²) >= 11 is 4.21. The number of ether oxygens (including phenoxy) is 1. The third-order valence-electron chi connectivity index (χ3n) is 2.15. The number of carbonyl (C=O) groups is 1. The highest BCUT2D eigenvalue weighted by Gasteiger charge is 2.27. The molecule has 0 aromatic heterocycles. The number of alkyl carbamates (subject to hydrolysis) is 1. The molecule has 1 amide bonds. The number of carbonyl (C=O) groups excluding carboxylic acids is 1. The molecule has 1 atom stereocenters. The van der Waals surface area contributed by atoms with E-state index in [-0.39, 0.29) is 17.6 Å². The summed E-state index contributed by atoms with van der Waals surface area (Å²) < 4.78 is 5.23. The average Bonchev–Trinajstić information content (AvgIpc) is 1.97. The van der Waals surface area contributed by atoms with Gasteiger partial charge in [-0.1, -0.05) is 20.8 Å². The van der Waals surface area contributed by atoms with Crippen molar-refractivity contribution in [2.45, 2.75) is 59.6 Å². The van der Waals surface area contributed by atoms with Crippen LogP contribution in [0, 0.1) is 5.41 Å². The van der Waals surface area contributed by atoms with Crippen molar-refractivity contribution in [2.24, 2.45) is 5.41 Å². The molecule has 0 aliphatic heterocycles. The van der Waals surface area contributed by atoms with E-state index in [4.69, 9.17) is 4.74 Å². The molecule has 0 heterocycles. The van der Waals surface area contributed by atoms with Gasteiger partial charge >= 0.3 is 6.09 Å². The maximum Gasteiger partial charge on any atom is 0.407 e. The molecule has 0 fully saturated rings. The van der Waals surface area contributed by atoms with Crippen LogP contribution >= 0.6 is 12.6 Å². The van der Waals surface area contributed by atoms with Crippen molar-refractivity contribution in [1.82, 2.24) is 5.32 Å². The van der Waals surface area contributed by atoms with Gasteiger partial charge in [0.2, 0.25) is 0 Å². The van der Waals surface area contributed by atoms with E-state index in [1.165, 1.54) is 0 Å². The number of thiol groups is 1. The molecule has 0 aromatic carbocycles. The van der Waals surface area contributed by atoms with E-state index in [0.717, 1.165) is 12.2 Å². The SMILES string of the molecule is CC(C)(C)OC(=O)NC(CCS)C(C)(C)C. The molecule has 16 heavy (non-hydrogen) atoms. The number of hydrogen-bond donors (Lipinski definition) is 2.